The summed E-state index contributed by atoms with van der Waals surface area (Å²) in [5.41, 5.74) is 4.47. The van der Waals surface area contributed by atoms with Gasteiger partial charge in [0.25, 0.3) is 0 Å². The van der Waals surface area contributed by atoms with Crippen LogP contribution >= 0.6 is 0 Å². The van der Waals surface area contributed by atoms with Crippen molar-refractivity contribution >= 4 is 10.8 Å². The zero-order chi connectivity index (χ0) is 17.6. The third kappa shape index (κ3) is 3.99. The first-order chi connectivity index (χ1) is 12.2. The summed E-state index contributed by atoms with van der Waals surface area (Å²) in [5, 5.41) is 1.68. The fourth-order valence-electron chi connectivity index (χ4n) is 3.26. The first-order valence-electron chi connectivity index (χ1n) is 9.14. The van der Waals surface area contributed by atoms with E-state index in [1.54, 1.807) is 0 Å². The Bertz CT molecular complexity index is 872. The minimum atomic E-state index is -0.0646. The van der Waals surface area contributed by atoms with E-state index < -0.39 is 0 Å². The van der Waals surface area contributed by atoms with Gasteiger partial charge < -0.3 is 0 Å². The molecule has 0 amide bonds. The maximum Gasteiger partial charge on any atom is 0.134 e. The van der Waals surface area contributed by atoms with Gasteiger partial charge in [0.1, 0.15) is 5.82 Å². The summed E-state index contributed by atoms with van der Waals surface area (Å²) >= 11 is 0. The second-order valence-electron chi connectivity index (χ2n) is 6.53. The highest BCUT2D eigenvalue weighted by molar-refractivity contribution is 5.88. The van der Waals surface area contributed by atoms with E-state index in [0.717, 1.165) is 47.6 Å². The molecule has 0 aliphatic rings. The van der Waals surface area contributed by atoms with Gasteiger partial charge >= 0.3 is 0 Å². The molecule has 0 atom stereocenters. The Balaban J connectivity index is 1.87. The third-order valence-corrected chi connectivity index (χ3v) is 4.68. The molecule has 3 aromatic rings. The van der Waals surface area contributed by atoms with Crippen molar-refractivity contribution in [3.05, 3.63) is 83.7 Å². The largest absolute Gasteiger partial charge is 0.206 e. The molecule has 0 radical (unpaired) electrons. The van der Waals surface area contributed by atoms with Crippen LogP contribution in [0.2, 0.25) is 0 Å². The predicted octanol–water partition coefficient (Wildman–Crippen LogP) is 7.11. The fraction of sp³-hybridized carbons (Fsp3) is 0.250. The first kappa shape index (κ1) is 17.4. The average Bonchev–Trinajstić information content (AvgIpc) is 2.65. The number of halogens is 1. The van der Waals surface area contributed by atoms with Crippen molar-refractivity contribution in [1.82, 2.24) is 0 Å². The van der Waals surface area contributed by atoms with E-state index in [2.05, 4.69) is 56.3 Å². The minimum absolute atomic E-state index is 0.0646. The highest BCUT2D eigenvalue weighted by atomic mass is 19.1. The van der Waals surface area contributed by atoms with Crippen molar-refractivity contribution in [2.75, 3.05) is 0 Å². The highest BCUT2D eigenvalue weighted by Crippen LogP contribution is 2.28. The SMILES string of the molecule is C/C=C/CCc1ccc(-c2ccc3c(F)c(CCC)ccc3c2)cc1. The quantitative estimate of drug-likeness (QED) is 0.422. The molecule has 25 heavy (non-hydrogen) atoms. The van der Waals surface area contributed by atoms with Crippen molar-refractivity contribution in [3.8, 4) is 11.1 Å². The van der Waals surface area contributed by atoms with E-state index in [1.807, 2.05) is 24.3 Å². The number of fused-ring (bicyclic) bond motifs is 1. The Hall–Kier alpha value is -2.41. The minimum Gasteiger partial charge on any atom is -0.206 e. The van der Waals surface area contributed by atoms with Gasteiger partial charge in [-0.3, -0.25) is 0 Å². The lowest BCUT2D eigenvalue weighted by Crippen LogP contribution is -1.91. The molecular formula is C24H25F. The summed E-state index contributed by atoms with van der Waals surface area (Å²) in [6.45, 7) is 4.13. The molecule has 0 saturated carbocycles. The fourth-order valence-corrected chi connectivity index (χ4v) is 3.26. The number of benzene rings is 3. The maximum atomic E-state index is 14.6. The molecule has 0 N–H and O–H groups in total. The Morgan fingerprint density at radius 3 is 2.36 bits per heavy atom. The number of hydrogen-bond donors (Lipinski definition) is 0. The van der Waals surface area contributed by atoms with Gasteiger partial charge in [0.2, 0.25) is 0 Å². The maximum absolute atomic E-state index is 14.6. The van der Waals surface area contributed by atoms with E-state index in [4.69, 9.17) is 0 Å². The van der Waals surface area contributed by atoms with Gasteiger partial charge in [-0.25, -0.2) is 4.39 Å². The molecule has 0 aliphatic carbocycles. The van der Waals surface area contributed by atoms with Crippen molar-refractivity contribution in [2.24, 2.45) is 0 Å². The number of allylic oxidation sites excluding steroid dienone is 2. The van der Waals surface area contributed by atoms with Crippen LogP contribution in [0.3, 0.4) is 0 Å². The summed E-state index contributed by atoms with van der Waals surface area (Å²) in [6, 6.07) is 18.7. The van der Waals surface area contributed by atoms with Gasteiger partial charge in [0, 0.05) is 5.39 Å². The summed E-state index contributed by atoms with van der Waals surface area (Å²) < 4.78 is 14.6. The van der Waals surface area contributed by atoms with Gasteiger partial charge in [-0.05, 0) is 59.9 Å². The molecule has 0 unspecified atom stereocenters. The lowest BCUT2D eigenvalue weighted by Gasteiger charge is -2.09. The summed E-state index contributed by atoms with van der Waals surface area (Å²) in [7, 11) is 0. The van der Waals surface area contributed by atoms with Gasteiger partial charge in [-0.1, -0.05) is 74.0 Å². The zero-order valence-corrected chi connectivity index (χ0v) is 15.1. The number of aryl methyl sites for hydroxylation is 2. The molecule has 0 aromatic heterocycles. The number of hydrogen-bond acceptors (Lipinski definition) is 0. The lowest BCUT2D eigenvalue weighted by molar-refractivity contribution is 0.619. The van der Waals surface area contributed by atoms with Crippen LogP contribution in [0.1, 0.15) is 37.8 Å². The first-order valence-corrected chi connectivity index (χ1v) is 9.14. The van der Waals surface area contributed by atoms with Crippen LogP contribution in [0.15, 0.2) is 66.7 Å². The van der Waals surface area contributed by atoms with Gasteiger partial charge in [-0.2, -0.15) is 0 Å². The van der Waals surface area contributed by atoms with E-state index in [-0.39, 0.29) is 5.82 Å². The van der Waals surface area contributed by atoms with Crippen LogP contribution in [-0.4, -0.2) is 0 Å². The van der Waals surface area contributed by atoms with Crippen LogP contribution in [-0.2, 0) is 12.8 Å². The molecule has 3 aromatic carbocycles. The van der Waals surface area contributed by atoms with E-state index in [0.29, 0.717) is 0 Å². The molecular weight excluding hydrogens is 307 g/mol. The highest BCUT2D eigenvalue weighted by Gasteiger charge is 2.08. The van der Waals surface area contributed by atoms with Crippen LogP contribution < -0.4 is 0 Å². The van der Waals surface area contributed by atoms with E-state index in [1.165, 1.54) is 11.1 Å². The second kappa shape index (κ2) is 8.11. The van der Waals surface area contributed by atoms with Crippen LogP contribution in [0.4, 0.5) is 4.39 Å². The average molecular weight is 332 g/mol. The van der Waals surface area contributed by atoms with Crippen molar-refractivity contribution in [1.29, 1.82) is 0 Å². The van der Waals surface area contributed by atoms with Crippen LogP contribution in [0.5, 0.6) is 0 Å². The Labute approximate surface area is 150 Å². The molecule has 0 saturated heterocycles. The molecule has 0 nitrogen and oxygen atoms in total. The molecule has 128 valence electrons. The summed E-state index contributed by atoms with van der Waals surface area (Å²) in [6.07, 6.45) is 8.17. The van der Waals surface area contributed by atoms with Crippen molar-refractivity contribution in [2.45, 2.75) is 39.5 Å². The lowest BCUT2D eigenvalue weighted by atomic mass is 9.97. The zero-order valence-electron chi connectivity index (χ0n) is 15.1. The molecule has 3 rings (SSSR count). The Morgan fingerprint density at radius 2 is 1.64 bits per heavy atom. The Morgan fingerprint density at radius 1 is 0.880 bits per heavy atom. The molecule has 0 fully saturated rings. The summed E-state index contributed by atoms with van der Waals surface area (Å²) in [4.78, 5) is 0. The van der Waals surface area contributed by atoms with Crippen molar-refractivity contribution in [3.63, 3.8) is 0 Å². The second-order valence-corrected chi connectivity index (χ2v) is 6.53. The third-order valence-electron chi connectivity index (χ3n) is 4.68. The predicted molar refractivity (Wildman–Crippen MR) is 106 cm³/mol. The number of rotatable bonds is 6. The normalized spacial score (nSPS) is 11.5. The topological polar surface area (TPSA) is 0 Å². The molecule has 0 bridgehead atoms. The molecule has 0 aliphatic heterocycles. The standard InChI is InChI=1S/C24H25F/c1-3-5-6-8-18-9-11-19(12-10-18)21-15-16-23-22(17-21)14-13-20(7-4-2)24(23)25/h3,5,9-17H,4,6-8H2,1-2H3/b5-3+. The molecule has 0 heterocycles. The monoisotopic (exact) mass is 332 g/mol. The van der Waals surface area contributed by atoms with Gasteiger partial charge in [-0.15, -0.1) is 0 Å². The van der Waals surface area contributed by atoms with E-state index in [9.17, 15) is 4.39 Å². The van der Waals surface area contributed by atoms with Crippen LogP contribution in [0, 0.1) is 5.82 Å². The summed E-state index contributed by atoms with van der Waals surface area (Å²) in [5.74, 6) is -0.0646. The Kier molecular flexibility index (Phi) is 5.65. The van der Waals surface area contributed by atoms with Gasteiger partial charge in [0.15, 0.2) is 0 Å². The molecule has 1 heteroatoms. The van der Waals surface area contributed by atoms with Crippen molar-refractivity contribution < 1.29 is 4.39 Å². The van der Waals surface area contributed by atoms with E-state index >= 15 is 0 Å². The van der Waals surface area contributed by atoms with Crippen LogP contribution in [0.25, 0.3) is 21.9 Å². The molecule has 0 spiro atoms. The van der Waals surface area contributed by atoms with Gasteiger partial charge in [0.05, 0.1) is 0 Å². The smallest absolute Gasteiger partial charge is 0.134 e.